The molecule has 2 aromatic rings. The molecule has 25 heavy (non-hydrogen) atoms. The quantitative estimate of drug-likeness (QED) is 0.560. The fraction of sp³-hybridized carbons (Fsp3) is 0.333. The van der Waals surface area contributed by atoms with Crippen molar-refractivity contribution < 1.29 is 4.74 Å². The fourth-order valence-corrected chi connectivity index (χ4v) is 3.08. The minimum Gasteiger partial charge on any atom is -0.377 e. The van der Waals surface area contributed by atoms with Gasteiger partial charge in [0.1, 0.15) is 0 Å². The SMILES string of the molecule is C=CCOCC1CNC(c2ccccc2)NC(c2ccccc2)NC1. The van der Waals surface area contributed by atoms with Crippen molar-refractivity contribution in [3.05, 3.63) is 84.4 Å². The van der Waals surface area contributed by atoms with E-state index in [-0.39, 0.29) is 12.3 Å². The zero-order valence-electron chi connectivity index (χ0n) is 14.5. The second kappa shape index (κ2) is 9.49. The number of nitrogens with one attached hydrogen (secondary N) is 3. The summed E-state index contributed by atoms with van der Waals surface area (Å²) in [5, 5.41) is 11.0. The second-order valence-electron chi connectivity index (χ2n) is 6.36. The molecule has 0 bridgehead atoms. The van der Waals surface area contributed by atoms with Gasteiger partial charge in [0, 0.05) is 19.0 Å². The van der Waals surface area contributed by atoms with Crippen molar-refractivity contribution in [1.82, 2.24) is 16.0 Å². The molecule has 0 aromatic heterocycles. The van der Waals surface area contributed by atoms with Crippen LogP contribution in [0, 0.1) is 5.92 Å². The van der Waals surface area contributed by atoms with Gasteiger partial charge in [0.2, 0.25) is 0 Å². The Kier molecular flexibility index (Phi) is 6.77. The van der Waals surface area contributed by atoms with Crippen LogP contribution in [0.2, 0.25) is 0 Å². The van der Waals surface area contributed by atoms with Gasteiger partial charge in [-0.2, -0.15) is 0 Å². The second-order valence-corrected chi connectivity index (χ2v) is 6.36. The van der Waals surface area contributed by atoms with Crippen molar-refractivity contribution in [3.8, 4) is 0 Å². The van der Waals surface area contributed by atoms with Crippen LogP contribution in [0.3, 0.4) is 0 Å². The molecule has 0 saturated carbocycles. The van der Waals surface area contributed by atoms with E-state index in [4.69, 9.17) is 4.74 Å². The highest BCUT2D eigenvalue weighted by Crippen LogP contribution is 2.19. The molecule has 2 atom stereocenters. The summed E-state index contributed by atoms with van der Waals surface area (Å²) in [4.78, 5) is 0. The van der Waals surface area contributed by atoms with Crippen LogP contribution in [-0.4, -0.2) is 26.3 Å². The van der Waals surface area contributed by atoms with Crippen LogP contribution in [0.1, 0.15) is 23.5 Å². The molecule has 4 nitrogen and oxygen atoms in total. The normalized spacial score (nSPS) is 24.2. The highest BCUT2D eigenvalue weighted by molar-refractivity contribution is 5.22. The molecular weight excluding hydrogens is 310 g/mol. The minimum atomic E-state index is 0.0844. The van der Waals surface area contributed by atoms with E-state index in [9.17, 15) is 0 Å². The molecule has 0 spiro atoms. The first kappa shape index (κ1) is 17.8. The lowest BCUT2D eigenvalue weighted by molar-refractivity contribution is 0.110. The van der Waals surface area contributed by atoms with Crippen molar-refractivity contribution in [2.45, 2.75) is 12.3 Å². The van der Waals surface area contributed by atoms with Crippen LogP contribution in [0.4, 0.5) is 0 Å². The molecule has 1 aliphatic heterocycles. The molecule has 132 valence electrons. The summed E-state index contributed by atoms with van der Waals surface area (Å²) in [6.07, 6.45) is 1.97. The average molecular weight is 337 g/mol. The summed E-state index contributed by atoms with van der Waals surface area (Å²) in [6, 6.07) is 21.0. The topological polar surface area (TPSA) is 45.3 Å². The molecule has 0 radical (unpaired) electrons. The van der Waals surface area contributed by atoms with E-state index in [1.807, 2.05) is 12.1 Å². The lowest BCUT2D eigenvalue weighted by Crippen LogP contribution is -2.49. The third-order valence-electron chi connectivity index (χ3n) is 4.41. The summed E-state index contributed by atoms with van der Waals surface area (Å²) in [5.74, 6) is 0.402. The van der Waals surface area contributed by atoms with Crippen molar-refractivity contribution in [3.63, 3.8) is 0 Å². The molecule has 1 saturated heterocycles. The first-order valence-corrected chi connectivity index (χ1v) is 8.88. The van der Waals surface area contributed by atoms with Crippen molar-refractivity contribution >= 4 is 0 Å². The monoisotopic (exact) mass is 337 g/mol. The van der Waals surface area contributed by atoms with Crippen LogP contribution in [-0.2, 0) is 4.74 Å². The first-order valence-electron chi connectivity index (χ1n) is 8.88. The Bertz CT molecular complexity index is 583. The highest BCUT2D eigenvalue weighted by atomic mass is 16.5. The van der Waals surface area contributed by atoms with E-state index in [1.165, 1.54) is 11.1 Å². The van der Waals surface area contributed by atoms with Gasteiger partial charge in [-0.3, -0.25) is 16.0 Å². The molecule has 3 N–H and O–H groups in total. The van der Waals surface area contributed by atoms with Crippen LogP contribution in [0.25, 0.3) is 0 Å². The maximum atomic E-state index is 5.68. The van der Waals surface area contributed by atoms with Gasteiger partial charge in [0.15, 0.2) is 0 Å². The van der Waals surface area contributed by atoms with Gasteiger partial charge in [-0.1, -0.05) is 66.7 Å². The van der Waals surface area contributed by atoms with Crippen LogP contribution >= 0.6 is 0 Å². The Morgan fingerprint density at radius 3 is 1.88 bits per heavy atom. The molecular formula is C21H27N3O. The Labute approximate surface area is 150 Å². The highest BCUT2D eigenvalue weighted by Gasteiger charge is 2.23. The molecule has 1 heterocycles. The minimum absolute atomic E-state index is 0.0844. The van der Waals surface area contributed by atoms with Gasteiger partial charge in [0.25, 0.3) is 0 Å². The molecule has 1 aliphatic rings. The van der Waals surface area contributed by atoms with E-state index in [0.717, 1.165) is 19.7 Å². The van der Waals surface area contributed by atoms with Crippen LogP contribution < -0.4 is 16.0 Å². The summed E-state index contributed by atoms with van der Waals surface area (Å²) in [6.45, 7) is 6.80. The summed E-state index contributed by atoms with van der Waals surface area (Å²) < 4.78 is 5.68. The molecule has 0 aliphatic carbocycles. The van der Waals surface area contributed by atoms with Crippen molar-refractivity contribution in [1.29, 1.82) is 0 Å². The molecule has 2 aromatic carbocycles. The predicted octanol–water partition coefficient (Wildman–Crippen LogP) is 2.99. The zero-order valence-corrected chi connectivity index (χ0v) is 14.5. The van der Waals surface area contributed by atoms with E-state index < -0.39 is 0 Å². The van der Waals surface area contributed by atoms with Gasteiger partial charge in [-0.15, -0.1) is 6.58 Å². The maximum absolute atomic E-state index is 5.68. The van der Waals surface area contributed by atoms with E-state index in [2.05, 4.69) is 71.1 Å². The van der Waals surface area contributed by atoms with E-state index in [1.54, 1.807) is 6.08 Å². The van der Waals surface area contributed by atoms with Gasteiger partial charge in [-0.05, 0) is 11.1 Å². The van der Waals surface area contributed by atoms with Gasteiger partial charge >= 0.3 is 0 Å². The van der Waals surface area contributed by atoms with Crippen molar-refractivity contribution in [2.75, 3.05) is 26.3 Å². The zero-order chi connectivity index (χ0) is 17.3. The number of benzene rings is 2. The summed E-state index contributed by atoms with van der Waals surface area (Å²) in [7, 11) is 0. The van der Waals surface area contributed by atoms with E-state index in [0.29, 0.717) is 12.5 Å². The van der Waals surface area contributed by atoms with Crippen LogP contribution in [0.15, 0.2) is 73.3 Å². The largest absolute Gasteiger partial charge is 0.377 e. The van der Waals surface area contributed by atoms with Gasteiger partial charge in [-0.25, -0.2) is 0 Å². The number of rotatable bonds is 6. The fourth-order valence-electron chi connectivity index (χ4n) is 3.08. The summed E-state index contributed by atoms with van der Waals surface area (Å²) >= 11 is 0. The number of hydrogen-bond donors (Lipinski definition) is 3. The number of ether oxygens (including phenoxy) is 1. The maximum Gasteiger partial charge on any atom is 0.0850 e. The standard InChI is InChI=1S/C21H27N3O/c1-2-13-25-16-17-14-22-20(18-9-5-3-6-10-18)24-21(23-15-17)19-11-7-4-8-12-19/h2-12,17,20-24H,1,13-16H2. The average Bonchev–Trinajstić information content (AvgIpc) is 2.65. The smallest absolute Gasteiger partial charge is 0.0850 e. The molecule has 1 fully saturated rings. The lowest BCUT2D eigenvalue weighted by atomic mass is 10.1. The number of hydrogen-bond acceptors (Lipinski definition) is 4. The van der Waals surface area contributed by atoms with E-state index >= 15 is 0 Å². The first-order chi connectivity index (χ1) is 12.4. The molecule has 0 amide bonds. The molecule has 3 rings (SSSR count). The summed E-state index contributed by atoms with van der Waals surface area (Å²) in [5.41, 5.74) is 2.47. The predicted molar refractivity (Wildman–Crippen MR) is 102 cm³/mol. The third kappa shape index (κ3) is 5.25. The third-order valence-corrected chi connectivity index (χ3v) is 4.41. The molecule has 2 unspecified atom stereocenters. The Balaban J connectivity index is 1.75. The van der Waals surface area contributed by atoms with Crippen LogP contribution in [0.5, 0.6) is 0 Å². The lowest BCUT2D eigenvalue weighted by Gasteiger charge is -2.34. The van der Waals surface area contributed by atoms with Crippen molar-refractivity contribution in [2.24, 2.45) is 5.92 Å². The molecule has 4 heteroatoms. The van der Waals surface area contributed by atoms with Gasteiger partial charge < -0.3 is 4.74 Å². The Hall–Kier alpha value is -1.98. The Morgan fingerprint density at radius 1 is 0.880 bits per heavy atom. The Morgan fingerprint density at radius 2 is 1.40 bits per heavy atom. The van der Waals surface area contributed by atoms with Gasteiger partial charge in [0.05, 0.1) is 25.5 Å².